The molecule has 4 rings (SSSR count). The Kier molecular flexibility index (Phi) is 7.10. The van der Waals surface area contributed by atoms with E-state index in [1.165, 1.54) is 0 Å². The fraction of sp³-hybridized carbons (Fsp3) is 0.211. The topological polar surface area (TPSA) is 85.2 Å². The zero-order chi connectivity index (χ0) is 17.9. The van der Waals surface area contributed by atoms with Crippen LogP contribution in [0.2, 0.25) is 0 Å². The largest absolute Gasteiger partial charge is 0.326 e. The van der Waals surface area contributed by atoms with Crippen molar-refractivity contribution < 1.29 is 0 Å². The quantitative estimate of drug-likeness (QED) is 0.493. The van der Waals surface area contributed by atoms with Gasteiger partial charge in [-0.3, -0.25) is 0 Å². The van der Waals surface area contributed by atoms with Crippen LogP contribution in [0.15, 0.2) is 49.1 Å². The molecule has 0 saturated carbocycles. The molecule has 3 aromatic heterocycles. The van der Waals surface area contributed by atoms with Crippen LogP contribution in [0.4, 0.5) is 0 Å². The van der Waals surface area contributed by atoms with Gasteiger partial charge in [0.05, 0.1) is 29.2 Å². The molecule has 144 valence electrons. The molecule has 0 aliphatic carbocycles. The summed E-state index contributed by atoms with van der Waals surface area (Å²) in [5, 5.41) is 9.14. The summed E-state index contributed by atoms with van der Waals surface area (Å²) >= 11 is 0. The van der Waals surface area contributed by atoms with E-state index in [1.54, 1.807) is 24.7 Å². The summed E-state index contributed by atoms with van der Waals surface area (Å²) in [5.74, 6) is 2.22. The number of aromatic nitrogens is 6. The molecular formula is C19H19Cl2N7. The van der Waals surface area contributed by atoms with Crippen LogP contribution in [-0.4, -0.2) is 29.1 Å². The summed E-state index contributed by atoms with van der Waals surface area (Å²) in [6.07, 6.45) is 8.06. The van der Waals surface area contributed by atoms with Crippen molar-refractivity contribution in [3.63, 3.8) is 0 Å². The number of hydrogen-bond donors (Lipinski definition) is 0. The number of fused-ring (bicyclic) bond motifs is 1. The van der Waals surface area contributed by atoms with Crippen molar-refractivity contribution in [2.75, 3.05) is 0 Å². The third kappa shape index (κ3) is 3.98. The van der Waals surface area contributed by atoms with Gasteiger partial charge in [-0.25, -0.2) is 19.9 Å². The highest BCUT2D eigenvalue weighted by molar-refractivity contribution is 5.85. The second-order valence-electron chi connectivity index (χ2n) is 5.95. The first kappa shape index (κ1) is 21.4. The minimum Gasteiger partial charge on any atom is -0.326 e. The predicted molar refractivity (Wildman–Crippen MR) is 112 cm³/mol. The molecule has 0 saturated heterocycles. The molecule has 0 aliphatic heterocycles. The van der Waals surface area contributed by atoms with Gasteiger partial charge in [0.25, 0.3) is 0 Å². The van der Waals surface area contributed by atoms with Crippen molar-refractivity contribution in [2.24, 2.45) is 0 Å². The second-order valence-corrected chi connectivity index (χ2v) is 5.95. The number of hydrogen-bond acceptors (Lipinski definition) is 5. The molecule has 4 aromatic rings. The molecule has 0 N–H and O–H groups in total. The lowest BCUT2D eigenvalue weighted by Gasteiger charge is -2.10. The Bertz CT molecular complexity index is 1100. The molecule has 7 nitrogen and oxygen atoms in total. The lowest BCUT2D eigenvalue weighted by atomic mass is 10.2. The van der Waals surface area contributed by atoms with E-state index < -0.39 is 0 Å². The van der Waals surface area contributed by atoms with Gasteiger partial charge in [-0.2, -0.15) is 5.26 Å². The van der Waals surface area contributed by atoms with Crippen molar-refractivity contribution in [3.8, 4) is 17.7 Å². The van der Waals surface area contributed by atoms with Gasteiger partial charge >= 0.3 is 0 Å². The maximum absolute atomic E-state index is 9.14. The molecule has 3 heterocycles. The Balaban J connectivity index is 0.00000140. The Morgan fingerprint density at radius 2 is 1.86 bits per heavy atom. The van der Waals surface area contributed by atoms with Gasteiger partial charge in [0.1, 0.15) is 5.82 Å². The summed E-state index contributed by atoms with van der Waals surface area (Å²) in [4.78, 5) is 17.7. The Labute approximate surface area is 174 Å². The monoisotopic (exact) mass is 415 g/mol. The molecule has 1 aromatic carbocycles. The lowest BCUT2D eigenvalue weighted by molar-refractivity contribution is 0.626. The first-order chi connectivity index (χ1) is 12.8. The molecule has 0 radical (unpaired) electrons. The highest BCUT2D eigenvalue weighted by Gasteiger charge is 2.14. The average Bonchev–Trinajstić information content (AvgIpc) is 3.27. The number of rotatable bonds is 5. The van der Waals surface area contributed by atoms with Crippen molar-refractivity contribution >= 4 is 35.8 Å². The van der Waals surface area contributed by atoms with Crippen LogP contribution in [0, 0.1) is 11.3 Å². The molecule has 0 bridgehead atoms. The van der Waals surface area contributed by atoms with Gasteiger partial charge in [0.15, 0.2) is 11.6 Å². The van der Waals surface area contributed by atoms with Crippen molar-refractivity contribution in [2.45, 2.75) is 26.4 Å². The molecule has 0 unspecified atom stereocenters. The summed E-state index contributed by atoms with van der Waals surface area (Å²) in [5.41, 5.74) is 2.50. The molecular weight excluding hydrogens is 397 g/mol. The first-order valence-corrected chi connectivity index (χ1v) is 8.48. The van der Waals surface area contributed by atoms with E-state index in [4.69, 9.17) is 10.2 Å². The van der Waals surface area contributed by atoms with Crippen LogP contribution in [0.5, 0.6) is 0 Å². The third-order valence-electron chi connectivity index (χ3n) is 4.20. The molecule has 0 spiro atoms. The Morgan fingerprint density at radius 3 is 2.57 bits per heavy atom. The predicted octanol–water partition coefficient (Wildman–Crippen LogP) is 3.86. The number of halogens is 2. The number of aryl methyl sites for hydroxylation is 1. The summed E-state index contributed by atoms with van der Waals surface area (Å²) in [6.45, 7) is 3.56. The van der Waals surface area contributed by atoms with E-state index in [1.807, 2.05) is 29.0 Å². The van der Waals surface area contributed by atoms with Gasteiger partial charge in [-0.05, 0) is 30.7 Å². The minimum atomic E-state index is 0. The van der Waals surface area contributed by atoms with Crippen LogP contribution >= 0.6 is 24.8 Å². The van der Waals surface area contributed by atoms with Gasteiger partial charge in [-0.1, -0.05) is 6.92 Å². The first-order valence-electron chi connectivity index (χ1n) is 8.48. The van der Waals surface area contributed by atoms with Crippen LogP contribution in [-0.2, 0) is 13.1 Å². The minimum absolute atomic E-state index is 0. The lowest BCUT2D eigenvalue weighted by Crippen LogP contribution is -2.10. The van der Waals surface area contributed by atoms with Crippen LogP contribution in [0.25, 0.3) is 22.7 Å². The zero-order valence-corrected chi connectivity index (χ0v) is 16.8. The highest BCUT2D eigenvalue weighted by atomic mass is 35.5. The summed E-state index contributed by atoms with van der Waals surface area (Å²) in [7, 11) is 0. The Morgan fingerprint density at radius 1 is 1.07 bits per heavy atom. The average molecular weight is 416 g/mol. The van der Waals surface area contributed by atoms with Gasteiger partial charge in [-0.15, -0.1) is 24.8 Å². The molecule has 0 amide bonds. The summed E-state index contributed by atoms with van der Waals surface area (Å²) < 4.78 is 4.19. The van der Waals surface area contributed by atoms with Crippen molar-refractivity contribution in [1.82, 2.24) is 29.1 Å². The van der Waals surface area contributed by atoms with Crippen molar-refractivity contribution in [1.29, 1.82) is 5.26 Å². The van der Waals surface area contributed by atoms with Crippen LogP contribution in [0.3, 0.4) is 0 Å². The van der Waals surface area contributed by atoms with E-state index in [0.717, 1.165) is 29.8 Å². The second kappa shape index (κ2) is 9.31. The van der Waals surface area contributed by atoms with Gasteiger partial charge in [0.2, 0.25) is 0 Å². The normalized spacial score (nSPS) is 10.1. The number of benzene rings is 1. The van der Waals surface area contributed by atoms with Crippen molar-refractivity contribution in [3.05, 3.63) is 60.4 Å². The van der Waals surface area contributed by atoms with E-state index in [0.29, 0.717) is 23.8 Å². The van der Waals surface area contributed by atoms with Gasteiger partial charge < -0.3 is 9.13 Å². The maximum Gasteiger partial charge on any atom is 0.195 e. The SMILES string of the molecule is CCCn1c(Cn2ccnc2-c2ncccn2)nc2cc(C#N)ccc21.Cl.Cl. The van der Waals surface area contributed by atoms with Crippen LogP contribution < -0.4 is 0 Å². The number of imidazole rings is 2. The highest BCUT2D eigenvalue weighted by Crippen LogP contribution is 2.21. The fourth-order valence-corrected chi connectivity index (χ4v) is 3.05. The molecule has 0 aliphatic rings. The van der Waals surface area contributed by atoms with E-state index in [2.05, 4.69) is 32.5 Å². The zero-order valence-electron chi connectivity index (χ0n) is 15.2. The standard InChI is InChI=1S/C19H17N7.2ClH/c1-2-9-26-16-5-4-14(12-20)11-15(16)24-17(26)13-25-10-8-23-19(25)18-21-6-3-7-22-18;;/h3-8,10-11H,2,9,13H2,1H3;2*1H. The fourth-order valence-electron chi connectivity index (χ4n) is 3.05. The molecule has 0 atom stereocenters. The molecule has 28 heavy (non-hydrogen) atoms. The van der Waals surface area contributed by atoms with E-state index in [-0.39, 0.29) is 24.8 Å². The van der Waals surface area contributed by atoms with Crippen LogP contribution in [0.1, 0.15) is 24.7 Å². The third-order valence-corrected chi connectivity index (χ3v) is 4.20. The maximum atomic E-state index is 9.14. The van der Waals surface area contributed by atoms with E-state index in [9.17, 15) is 0 Å². The van der Waals surface area contributed by atoms with Gasteiger partial charge in [0, 0.05) is 31.3 Å². The smallest absolute Gasteiger partial charge is 0.195 e. The number of nitrogens with zero attached hydrogens (tertiary/aromatic N) is 7. The molecule has 0 fully saturated rings. The summed E-state index contributed by atoms with van der Waals surface area (Å²) in [6, 6.07) is 9.59. The number of nitriles is 1. The van der Waals surface area contributed by atoms with E-state index >= 15 is 0 Å². The Hall–Kier alpha value is -2.95. The molecule has 9 heteroatoms.